The van der Waals surface area contributed by atoms with Crippen LogP contribution in [0.4, 0.5) is 0 Å². The molecule has 3 aromatic rings. The van der Waals surface area contributed by atoms with Gasteiger partial charge in [0.25, 0.3) is 0 Å². The molecule has 1 aliphatic rings. The van der Waals surface area contributed by atoms with E-state index in [4.69, 9.17) is 17.0 Å². The van der Waals surface area contributed by atoms with Crippen LogP contribution in [0.1, 0.15) is 50.7 Å². The summed E-state index contributed by atoms with van der Waals surface area (Å²) < 4.78 is 7.48. The Morgan fingerprint density at radius 1 is 1.21 bits per heavy atom. The van der Waals surface area contributed by atoms with E-state index in [0.29, 0.717) is 18.3 Å². The normalized spacial score (nSPS) is 17.9. The molecule has 33 heavy (non-hydrogen) atoms. The summed E-state index contributed by atoms with van der Waals surface area (Å²) >= 11 is 5.71. The summed E-state index contributed by atoms with van der Waals surface area (Å²) in [5, 5.41) is 13.6. The number of benzene rings is 1. The molecule has 0 radical (unpaired) electrons. The van der Waals surface area contributed by atoms with Gasteiger partial charge in [0.15, 0.2) is 5.11 Å². The Labute approximate surface area is 199 Å². The monoisotopic (exact) mass is 464 g/mol. The van der Waals surface area contributed by atoms with Gasteiger partial charge < -0.3 is 24.6 Å². The summed E-state index contributed by atoms with van der Waals surface area (Å²) in [5.41, 5.74) is 6.23. The van der Waals surface area contributed by atoms with Crippen molar-refractivity contribution in [2.75, 3.05) is 20.3 Å². The molecule has 1 saturated heterocycles. The van der Waals surface area contributed by atoms with Gasteiger partial charge >= 0.3 is 5.97 Å². The van der Waals surface area contributed by atoms with Crippen LogP contribution in [0.5, 0.6) is 0 Å². The predicted molar refractivity (Wildman–Crippen MR) is 131 cm³/mol. The number of carboxylic acids is 1. The number of aromatic carboxylic acids is 1. The number of aromatic nitrogens is 2. The fraction of sp³-hybridized carbons (Fsp3) is 0.320. The molecule has 0 unspecified atom stereocenters. The number of ether oxygens (including phenoxy) is 1. The van der Waals surface area contributed by atoms with Crippen molar-refractivity contribution >= 4 is 23.3 Å². The topological polar surface area (TPSA) is 79.6 Å². The third-order valence-corrected chi connectivity index (χ3v) is 6.57. The number of hydrogen-bond acceptors (Lipinski definition) is 4. The van der Waals surface area contributed by atoms with Crippen LogP contribution in [0, 0.1) is 20.8 Å². The van der Waals surface area contributed by atoms with Crippen LogP contribution in [-0.2, 0) is 4.74 Å². The lowest BCUT2D eigenvalue weighted by atomic mass is 9.97. The molecular formula is C25H28N4O3S. The Balaban J connectivity index is 1.85. The minimum atomic E-state index is -0.940. The van der Waals surface area contributed by atoms with E-state index in [-0.39, 0.29) is 17.6 Å². The fourth-order valence-electron chi connectivity index (χ4n) is 4.62. The van der Waals surface area contributed by atoms with E-state index in [1.54, 1.807) is 25.4 Å². The van der Waals surface area contributed by atoms with Gasteiger partial charge in [-0.25, -0.2) is 4.79 Å². The van der Waals surface area contributed by atoms with Gasteiger partial charge in [-0.3, -0.25) is 4.98 Å². The molecule has 2 N–H and O–H groups in total. The first-order valence-corrected chi connectivity index (χ1v) is 11.2. The van der Waals surface area contributed by atoms with Crippen molar-refractivity contribution in [1.29, 1.82) is 0 Å². The van der Waals surface area contributed by atoms with E-state index < -0.39 is 5.97 Å². The molecule has 0 aliphatic carbocycles. The Morgan fingerprint density at radius 2 is 2.00 bits per heavy atom. The Bertz CT molecular complexity index is 1190. The standard InChI is InChI=1S/C25H28N4O3S/c1-15-8-9-18(24(30)31)14-21(15)29-16(2)13-19(17(29)3)23-22(20-7-5-6-10-26-20)27-25(33)28(23)11-12-32-4/h5-10,13-14,22-23H,11-12H2,1-4H3,(H,27,33)(H,30,31)/t22-,23+/m0/s1. The summed E-state index contributed by atoms with van der Waals surface area (Å²) in [6.07, 6.45) is 1.79. The van der Waals surface area contributed by atoms with Crippen molar-refractivity contribution < 1.29 is 14.6 Å². The highest BCUT2D eigenvalue weighted by Crippen LogP contribution is 2.41. The molecule has 0 amide bonds. The Morgan fingerprint density at radius 3 is 2.67 bits per heavy atom. The molecule has 0 bridgehead atoms. The van der Waals surface area contributed by atoms with Gasteiger partial charge in [0, 0.05) is 36.9 Å². The molecular weight excluding hydrogens is 436 g/mol. The number of nitrogens with zero attached hydrogens (tertiary/aromatic N) is 3. The van der Waals surface area contributed by atoms with E-state index in [9.17, 15) is 9.90 Å². The maximum absolute atomic E-state index is 11.6. The van der Waals surface area contributed by atoms with Gasteiger partial charge in [-0.15, -0.1) is 0 Å². The molecule has 1 aliphatic heterocycles. The highest BCUT2D eigenvalue weighted by Gasteiger charge is 2.41. The van der Waals surface area contributed by atoms with Crippen LogP contribution in [0.2, 0.25) is 0 Å². The second kappa shape index (κ2) is 9.33. The zero-order valence-electron chi connectivity index (χ0n) is 19.2. The summed E-state index contributed by atoms with van der Waals surface area (Å²) in [6.45, 7) is 7.30. The van der Waals surface area contributed by atoms with E-state index in [1.165, 1.54) is 0 Å². The van der Waals surface area contributed by atoms with Gasteiger partial charge in [-0.05, 0) is 74.4 Å². The highest BCUT2D eigenvalue weighted by atomic mass is 32.1. The first-order chi connectivity index (χ1) is 15.8. The van der Waals surface area contributed by atoms with Crippen LogP contribution in [-0.4, -0.2) is 50.9 Å². The smallest absolute Gasteiger partial charge is 0.335 e. The Hall–Kier alpha value is -3.23. The Kier molecular flexibility index (Phi) is 6.49. The fourth-order valence-corrected chi connectivity index (χ4v) is 4.95. The number of thiocarbonyl (C=S) groups is 1. The average molecular weight is 465 g/mol. The zero-order valence-corrected chi connectivity index (χ0v) is 20.0. The van der Waals surface area contributed by atoms with Crippen molar-refractivity contribution in [3.05, 3.63) is 82.4 Å². The van der Waals surface area contributed by atoms with E-state index in [1.807, 2.05) is 38.1 Å². The number of pyridine rings is 1. The number of aryl methyl sites for hydroxylation is 2. The number of carboxylic acid groups (broad SMARTS) is 1. The second-order valence-electron chi connectivity index (χ2n) is 8.28. The van der Waals surface area contributed by atoms with Crippen LogP contribution < -0.4 is 5.32 Å². The minimum Gasteiger partial charge on any atom is -0.478 e. The molecule has 2 atom stereocenters. The summed E-state index contributed by atoms with van der Waals surface area (Å²) in [7, 11) is 1.68. The third-order valence-electron chi connectivity index (χ3n) is 6.22. The lowest BCUT2D eigenvalue weighted by molar-refractivity contribution is 0.0697. The highest BCUT2D eigenvalue weighted by molar-refractivity contribution is 7.80. The third kappa shape index (κ3) is 4.24. The molecule has 0 saturated carbocycles. The summed E-state index contributed by atoms with van der Waals surface area (Å²) in [5.74, 6) is -0.940. The summed E-state index contributed by atoms with van der Waals surface area (Å²) in [6, 6.07) is 13.1. The van der Waals surface area contributed by atoms with Crippen LogP contribution in [0.25, 0.3) is 5.69 Å². The van der Waals surface area contributed by atoms with E-state index >= 15 is 0 Å². The number of hydrogen-bond donors (Lipinski definition) is 2. The lowest BCUT2D eigenvalue weighted by Crippen LogP contribution is -2.32. The summed E-state index contributed by atoms with van der Waals surface area (Å²) in [4.78, 5) is 18.4. The molecule has 7 nitrogen and oxygen atoms in total. The van der Waals surface area contributed by atoms with Crippen LogP contribution >= 0.6 is 12.2 Å². The van der Waals surface area contributed by atoms with Crippen molar-refractivity contribution in [2.24, 2.45) is 0 Å². The molecule has 1 aromatic carbocycles. The van der Waals surface area contributed by atoms with Crippen molar-refractivity contribution in [3.63, 3.8) is 0 Å². The molecule has 4 rings (SSSR count). The lowest BCUT2D eigenvalue weighted by Gasteiger charge is -2.28. The largest absolute Gasteiger partial charge is 0.478 e. The van der Waals surface area contributed by atoms with Gasteiger partial charge in [-0.2, -0.15) is 0 Å². The number of carbonyl (C=O) groups is 1. The number of methoxy groups -OCH3 is 1. The van der Waals surface area contributed by atoms with Gasteiger partial charge in [0.2, 0.25) is 0 Å². The van der Waals surface area contributed by atoms with Gasteiger partial charge in [0.05, 0.1) is 29.9 Å². The average Bonchev–Trinajstić information content (AvgIpc) is 3.28. The van der Waals surface area contributed by atoms with Gasteiger partial charge in [0.1, 0.15) is 0 Å². The zero-order chi connectivity index (χ0) is 23.7. The first kappa shape index (κ1) is 22.9. The number of nitrogens with one attached hydrogen (secondary N) is 1. The minimum absolute atomic E-state index is 0.0783. The SMILES string of the molecule is COCCN1C(=S)N[C@@H](c2ccccn2)[C@H]1c1cc(C)n(-c2cc(C(=O)O)ccc2C)c1C. The molecule has 3 heterocycles. The predicted octanol–water partition coefficient (Wildman–Crippen LogP) is 4.11. The molecule has 172 valence electrons. The van der Waals surface area contributed by atoms with Gasteiger partial charge in [-0.1, -0.05) is 12.1 Å². The maximum atomic E-state index is 11.6. The molecule has 1 fully saturated rings. The number of rotatable bonds is 7. The van der Waals surface area contributed by atoms with E-state index in [0.717, 1.165) is 33.9 Å². The van der Waals surface area contributed by atoms with Crippen molar-refractivity contribution in [1.82, 2.24) is 19.8 Å². The van der Waals surface area contributed by atoms with Crippen molar-refractivity contribution in [3.8, 4) is 5.69 Å². The first-order valence-electron chi connectivity index (χ1n) is 10.8. The molecule has 0 spiro atoms. The second-order valence-corrected chi connectivity index (χ2v) is 8.67. The molecule has 2 aromatic heterocycles. The maximum Gasteiger partial charge on any atom is 0.335 e. The van der Waals surface area contributed by atoms with E-state index in [2.05, 4.69) is 32.8 Å². The van der Waals surface area contributed by atoms with Crippen LogP contribution in [0.3, 0.4) is 0 Å². The van der Waals surface area contributed by atoms with Crippen LogP contribution in [0.15, 0.2) is 48.7 Å². The molecule has 8 heteroatoms. The van der Waals surface area contributed by atoms with Crippen molar-refractivity contribution in [2.45, 2.75) is 32.9 Å². The quantitative estimate of drug-likeness (QED) is 0.509.